The van der Waals surface area contributed by atoms with Crippen molar-refractivity contribution >= 4 is 8.32 Å². The first-order chi connectivity index (χ1) is 9.49. The van der Waals surface area contributed by atoms with Crippen molar-refractivity contribution in [2.45, 2.75) is 46.0 Å². The lowest BCUT2D eigenvalue weighted by atomic mass is 9.78. The zero-order valence-electron chi connectivity index (χ0n) is 13.7. The van der Waals surface area contributed by atoms with E-state index in [1.165, 1.54) is 12.1 Å². The molecule has 0 spiro atoms. The number of nitrogens with zero attached hydrogens (tertiary/aromatic N) is 1. The minimum Gasteiger partial charge on any atom is -0.489 e. The average Bonchev–Trinajstić information content (AvgIpc) is 2.33. The summed E-state index contributed by atoms with van der Waals surface area (Å²) >= 11 is 0. The van der Waals surface area contributed by atoms with Gasteiger partial charge in [-0.15, -0.1) is 0 Å². The molecule has 0 saturated heterocycles. The number of hydrogen-bond acceptors (Lipinski definition) is 3. The Labute approximate surface area is 127 Å². The Morgan fingerprint density at radius 2 is 1.67 bits per heavy atom. The summed E-state index contributed by atoms with van der Waals surface area (Å²) in [5.41, 5.74) is -1.44. The van der Waals surface area contributed by atoms with Gasteiger partial charge in [0.1, 0.15) is 24.2 Å². The first-order valence-corrected chi connectivity index (χ1v) is 10.4. The lowest BCUT2D eigenvalue weighted by Gasteiger charge is -2.42. The van der Waals surface area contributed by atoms with Crippen LogP contribution in [0.5, 0.6) is 5.75 Å². The average molecular weight is 309 g/mol. The Kier molecular flexibility index (Phi) is 5.19. The van der Waals surface area contributed by atoms with E-state index < -0.39 is 19.3 Å². The van der Waals surface area contributed by atoms with Gasteiger partial charge in [-0.3, -0.25) is 0 Å². The quantitative estimate of drug-likeness (QED) is 0.759. The summed E-state index contributed by atoms with van der Waals surface area (Å²) in [6.07, 6.45) is 0. The highest BCUT2D eigenvalue weighted by Crippen LogP contribution is 2.36. The van der Waals surface area contributed by atoms with Crippen molar-refractivity contribution < 1.29 is 13.6 Å². The fourth-order valence-corrected chi connectivity index (χ4v) is 3.32. The molecule has 0 amide bonds. The maximum atomic E-state index is 12.9. The van der Waals surface area contributed by atoms with E-state index in [2.05, 4.69) is 6.07 Å². The summed E-state index contributed by atoms with van der Waals surface area (Å²) in [6.45, 7) is 12.1. The van der Waals surface area contributed by atoms with Crippen molar-refractivity contribution in [3.8, 4) is 11.8 Å². The second kappa shape index (κ2) is 6.16. The molecule has 1 unspecified atom stereocenters. The molecular weight excluding hydrogens is 285 g/mol. The first kappa shape index (κ1) is 17.7. The Bertz CT molecular complexity index is 511. The predicted octanol–water partition coefficient (Wildman–Crippen LogP) is 4.36. The third-order valence-corrected chi connectivity index (χ3v) is 4.09. The fourth-order valence-electron chi connectivity index (χ4n) is 1.86. The summed E-state index contributed by atoms with van der Waals surface area (Å²) in [6, 6.07) is 8.07. The predicted molar refractivity (Wildman–Crippen MR) is 84.1 cm³/mol. The van der Waals surface area contributed by atoms with E-state index in [1.54, 1.807) is 12.1 Å². The Morgan fingerprint density at radius 3 is 2.05 bits per heavy atom. The molecule has 0 saturated carbocycles. The first-order valence-electron chi connectivity index (χ1n) is 6.99. The van der Waals surface area contributed by atoms with Crippen LogP contribution < -0.4 is 4.74 Å². The molecule has 5 heteroatoms. The molecule has 1 aromatic rings. The monoisotopic (exact) mass is 309 g/mol. The highest BCUT2D eigenvalue weighted by molar-refractivity contribution is 6.69. The minimum absolute atomic E-state index is 0.114. The van der Waals surface area contributed by atoms with E-state index in [0.717, 1.165) is 0 Å². The maximum Gasteiger partial charge on any atom is 0.186 e. The number of nitriles is 1. The summed E-state index contributed by atoms with van der Waals surface area (Å²) in [4.78, 5) is 0. The van der Waals surface area contributed by atoms with Gasteiger partial charge in [-0.2, -0.15) is 5.26 Å². The maximum absolute atomic E-state index is 12.9. The SMILES string of the molecule is CC(C)(C)C(C#N)(COc1ccc(F)cc1)O[Si](C)(C)C. The number of benzene rings is 1. The molecule has 1 rings (SSSR count). The zero-order valence-corrected chi connectivity index (χ0v) is 14.7. The van der Waals surface area contributed by atoms with E-state index in [4.69, 9.17) is 9.16 Å². The van der Waals surface area contributed by atoms with Crippen LogP contribution in [0.3, 0.4) is 0 Å². The van der Waals surface area contributed by atoms with Crippen molar-refractivity contribution in [2.75, 3.05) is 6.61 Å². The molecule has 3 nitrogen and oxygen atoms in total. The van der Waals surface area contributed by atoms with Crippen LogP contribution in [0.2, 0.25) is 19.6 Å². The molecule has 0 heterocycles. The van der Waals surface area contributed by atoms with Gasteiger partial charge in [0.05, 0.1) is 0 Å². The van der Waals surface area contributed by atoms with Crippen LogP contribution >= 0.6 is 0 Å². The van der Waals surface area contributed by atoms with Gasteiger partial charge in [-0.05, 0) is 43.9 Å². The van der Waals surface area contributed by atoms with Crippen LogP contribution in [0.4, 0.5) is 4.39 Å². The second-order valence-corrected chi connectivity index (χ2v) is 11.6. The van der Waals surface area contributed by atoms with Crippen molar-refractivity contribution in [3.63, 3.8) is 0 Å². The van der Waals surface area contributed by atoms with Gasteiger partial charge < -0.3 is 9.16 Å². The van der Waals surface area contributed by atoms with Crippen LogP contribution in [0.15, 0.2) is 24.3 Å². The summed E-state index contributed by atoms with van der Waals surface area (Å²) < 4.78 is 24.8. The number of ether oxygens (including phenoxy) is 1. The third-order valence-electron chi connectivity index (χ3n) is 3.13. The normalized spacial score (nSPS) is 15.1. The third kappa shape index (κ3) is 4.83. The van der Waals surface area contributed by atoms with Gasteiger partial charge in [0.2, 0.25) is 0 Å². The van der Waals surface area contributed by atoms with Crippen LogP contribution in [0.1, 0.15) is 20.8 Å². The zero-order chi connectivity index (χ0) is 16.3. The van der Waals surface area contributed by atoms with E-state index in [-0.39, 0.29) is 12.4 Å². The molecule has 116 valence electrons. The van der Waals surface area contributed by atoms with Crippen LogP contribution in [-0.2, 0) is 4.43 Å². The highest BCUT2D eigenvalue weighted by Gasteiger charge is 2.47. The van der Waals surface area contributed by atoms with Gasteiger partial charge in [-0.25, -0.2) is 4.39 Å². The lowest BCUT2D eigenvalue weighted by Crippen LogP contribution is -2.54. The molecule has 0 aliphatic carbocycles. The summed E-state index contributed by atoms with van der Waals surface area (Å²) in [5, 5.41) is 9.70. The van der Waals surface area contributed by atoms with Gasteiger partial charge in [-0.1, -0.05) is 20.8 Å². The van der Waals surface area contributed by atoms with Crippen molar-refractivity contribution in [2.24, 2.45) is 5.41 Å². The smallest absolute Gasteiger partial charge is 0.186 e. The van der Waals surface area contributed by atoms with E-state index in [1.807, 2.05) is 40.4 Å². The Hall–Kier alpha value is -1.38. The molecule has 0 radical (unpaired) electrons. The number of halogens is 1. The Morgan fingerprint density at radius 1 is 1.14 bits per heavy atom. The lowest BCUT2D eigenvalue weighted by molar-refractivity contribution is -0.0257. The molecule has 1 atom stereocenters. The topological polar surface area (TPSA) is 42.2 Å². The van der Waals surface area contributed by atoms with Crippen LogP contribution in [-0.4, -0.2) is 20.5 Å². The van der Waals surface area contributed by atoms with Crippen molar-refractivity contribution in [1.82, 2.24) is 0 Å². The molecule has 1 aromatic carbocycles. The van der Waals surface area contributed by atoms with Gasteiger partial charge in [0.15, 0.2) is 13.9 Å². The molecule has 21 heavy (non-hydrogen) atoms. The Balaban J connectivity index is 2.98. The highest BCUT2D eigenvalue weighted by atomic mass is 28.4. The number of hydrogen-bond donors (Lipinski definition) is 0. The second-order valence-electron chi connectivity index (χ2n) is 7.15. The standard InChI is InChI=1S/C16H24FNO2Si/c1-15(2,3)16(11-18,20-21(4,5)6)12-19-14-9-7-13(17)8-10-14/h7-10H,12H2,1-6H3. The van der Waals surface area contributed by atoms with Gasteiger partial charge in [0.25, 0.3) is 0 Å². The molecule has 0 fully saturated rings. The minimum atomic E-state index is -1.93. The van der Waals surface area contributed by atoms with E-state index in [9.17, 15) is 9.65 Å². The fraction of sp³-hybridized carbons (Fsp3) is 0.562. The largest absolute Gasteiger partial charge is 0.489 e. The van der Waals surface area contributed by atoms with E-state index in [0.29, 0.717) is 5.75 Å². The van der Waals surface area contributed by atoms with Gasteiger partial charge >= 0.3 is 0 Å². The molecular formula is C16H24FNO2Si. The summed E-state index contributed by atoms with van der Waals surface area (Å²) in [5.74, 6) is 0.211. The molecule has 0 aliphatic rings. The van der Waals surface area contributed by atoms with Crippen LogP contribution in [0, 0.1) is 22.6 Å². The number of rotatable bonds is 5. The van der Waals surface area contributed by atoms with Gasteiger partial charge in [0, 0.05) is 5.41 Å². The molecule has 0 aromatic heterocycles. The summed E-state index contributed by atoms with van der Waals surface area (Å²) in [7, 11) is -1.93. The van der Waals surface area contributed by atoms with Crippen LogP contribution in [0.25, 0.3) is 0 Å². The molecule has 0 bridgehead atoms. The van der Waals surface area contributed by atoms with Crippen molar-refractivity contribution in [3.05, 3.63) is 30.1 Å². The molecule has 0 N–H and O–H groups in total. The molecule has 0 aliphatic heterocycles. The van der Waals surface area contributed by atoms with E-state index >= 15 is 0 Å². The van der Waals surface area contributed by atoms with Crippen molar-refractivity contribution in [1.29, 1.82) is 5.26 Å².